The van der Waals surface area contributed by atoms with Gasteiger partial charge in [0, 0.05) is 19.5 Å². The number of nitrogens with zero attached hydrogens (tertiary/aromatic N) is 1. The number of carboxylic acid groups (broad SMARTS) is 1. The lowest BCUT2D eigenvalue weighted by Gasteiger charge is -2.22. The summed E-state index contributed by atoms with van der Waals surface area (Å²) in [7, 11) is 0. The van der Waals surface area contributed by atoms with E-state index >= 15 is 0 Å². The van der Waals surface area contributed by atoms with E-state index in [0.29, 0.717) is 19.5 Å². The Morgan fingerprint density at radius 2 is 1.27 bits per heavy atom. The number of unbranched alkanes of at least 4 members (excludes halogenated alkanes) is 8. The van der Waals surface area contributed by atoms with Gasteiger partial charge >= 0.3 is 5.97 Å². The zero-order valence-electron chi connectivity index (χ0n) is 14.6. The number of hydrogen-bond donors (Lipinski definition) is 1. The topological polar surface area (TPSA) is 57.6 Å². The molecule has 1 amide bonds. The van der Waals surface area contributed by atoms with Gasteiger partial charge in [-0.1, -0.05) is 65.2 Å². The number of hydrogen-bond acceptors (Lipinski definition) is 2. The summed E-state index contributed by atoms with van der Waals surface area (Å²) in [6.45, 7) is 5.42. The lowest BCUT2D eigenvalue weighted by Crippen LogP contribution is -2.33. The van der Waals surface area contributed by atoms with Crippen LogP contribution in [-0.4, -0.2) is 35.0 Å². The predicted molar refractivity (Wildman–Crippen MR) is 91.0 cm³/mol. The largest absolute Gasteiger partial charge is 0.481 e. The Bertz CT molecular complexity index is 292. The van der Waals surface area contributed by atoms with Gasteiger partial charge in [-0.15, -0.1) is 0 Å². The summed E-state index contributed by atoms with van der Waals surface area (Å²) in [5.74, 6) is -0.697. The summed E-state index contributed by atoms with van der Waals surface area (Å²) in [6.07, 6.45) is 12.1. The Labute approximate surface area is 136 Å². The number of rotatable bonds is 15. The predicted octanol–water partition coefficient (Wildman–Crippen LogP) is 4.62. The Kier molecular flexibility index (Phi) is 14.1. The summed E-state index contributed by atoms with van der Waals surface area (Å²) in [4.78, 5) is 24.7. The van der Waals surface area contributed by atoms with Gasteiger partial charge in [0.05, 0.1) is 6.42 Å². The minimum atomic E-state index is -0.827. The number of amides is 1. The lowest BCUT2D eigenvalue weighted by atomic mass is 10.1. The van der Waals surface area contributed by atoms with Crippen LogP contribution in [0.25, 0.3) is 0 Å². The molecule has 0 heterocycles. The van der Waals surface area contributed by atoms with Gasteiger partial charge < -0.3 is 10.0 Å². The average Bonchev–Trinajstić information content (AvgIpc) is 2.49. The number of carbonyl (C=O) groups is 2. The molecule has 22 heavy (non-hydrogen) atoms. The van der Waals surface area contributed by atoms with E-state index in [-0.39, 0.29) is 12.3 Å². The minimum absolute atomic E-state index is 0.0521. The maximum Gasteiger partial charge on any atom is 0.305 e. The van der Waals surface area contributed by atoms with Crippen LogP contribution in [0.5, 0.6) is 0 Å². The first kappa shape index (κ1) is 20.9. The van der Waals surface area contributed by atoms with E-state index < -0.39 is 5.97 Å². The molecular formula is C18H35NO3. The highest BCUT2D eigenvalue weighted by Crippen LogP contribution is 2.09. The Hall–Kier alpha value is -1.06. The minimum Gasteiger partial charge on any atom is -0.481 e. The van der Waals surface area contributed by atoms with Crippen LogP contribution in [0.1, 0.15) is 90.9 Å². The highest BCUT2D eigenvalue weighted by Gasteiger charge is 2.14. The molecule has 0 saturated heterocycles. The maximum atomic E-state index is 12.2. The third-order valence-corrected chi connectivity index (χ3v) is 3.97. The average molecular weight is 313 g/mol. The molecule has 0 bridgehead atoms. The van der Waals surface area contributed by atoms with Crippen LogP contribution in [-0.2, 0) is 9.59 Å². The standard InChI is InChI=1S/C18H35NO3/c1-3-5-7-9-10-12-15-19(16-14-18(21)22)17(20)13-11-8-6-4-2/h3-16H2,1-2H3,(H,21,22). The quantitative estimate of drug-likeness (QED) is 0.449. The molecule has 0 aliphatic heterocycles. The van der Waals surface area contributed by atoms with E-state index in [4.69, 9.17) is 5.11 Å². The molecule has 0 aliphatic rings. The van der Waals surface area contributed by atoms with Crippen molar-refractivity contribution in [2.24, 2.45) is 0 Å². The smallest absolute Gasteiger partial charge is 0.305 e. The van der Waals surface area contributed by atoms with Crippen LogP contribution in [0.2, 0.25) is 0 Å². The molecule has 0 aromatic heterocycles. The summed E-state index contributed by atoms with van der Waals surface area (Å²) >= 11 is 0. The molecule has 4 heteroatoms. The molecule has 4 nitrogen and oxygen atoms in total. The molecular weight excluding hydrogens is 278 g/mol. The van der Waals surface area contributed by atoms with Gasteiger partial charge in [0.1, 0.15) is 0 Å². The molecule has 0 spiro atoms. The van der Waals surface area contributed by atoms with Crippen LogP contribution in [0.3, 0.4) is 0 Å². The van der Waals surface area contributed by atoms with Gasteiger partial charge in [0.2, 0.25) is 5.91 Å². The molecule has 0 aromatic carbocycles. The van der Waals surface area contributed by atoms with Crippen LogP contribution in [0.4, 0.5) is 0 Å². The van der Waals surface area contributed by atoms with E-state index in [9.17, 15) is 9.59 Å². The van der Waals surface area contributed by atoms with Crippen molar-refractivity contribution in [1.82, 2.24) is 4.90 Å². The summed E-state index contributed by atoms with van der Waals surface area (Å²) < 4.78 is 0. The molecule has 1 N–H and O–H groups in total. The zero-order chi connectivity index (χ0) is 16.6. The van der Waals surface area contributed by atoms with Gasteiger partial charge in [-0.3, -0.25) is 9.59 Å². The van der Waals surface area contributed by atoms with Crippen molar-refractivity contribution in [3.63, 3.8) is 0 Å². The maximum absolute atomic E-state index is 12.2. The Morgan fingerprint density at radius 1 is 0.727 bits per heavy atom. The number of aliphatic carboxylic acids is 1. The third kappa shape index (κ3) is 12.7. The zero-order valence-corrected chi connectivity index (χ0v) is 14.6. The van der Waals surface area contributed by atoms with Crippen molar-refractivity contribution in [2.75, 3.05) is 13.1 Å². The molecule has 0 aromatic rings. The Balaban J connectivity index is 4.01. The second-order valence-electron chi connectivity index (χ2n) is 6.10. The van der Waals surface area contributed by atoms with Crippen molar-refractivity contribution in [2.45, 2.75) is 90.9 Å². The Morgan fingerprint density at radius 3 is 1.86 bits per heavy atom. The van der Waals surface area contributed by atoms with Gasteiger partial charge in [-0.2, -0.15) is 0 Å². The normalized spacial score (nSPS) is 10.6. The van der Waals surface area contributed by atoms with Crippen molar-refractivity contribution >= 4 is 11.9 Å². The summed E-state index contributed by atoms with van der Waals surface area (Å²) in [6, 6.07) is 0. The molecule has 0 aliphatic carbocycles. The van der Waals surface area contributed by atoms with E-state index in [1.54, 1.807) is 4.90 Å². The molecule has 0 atom stereocenters. The molecule has 0 fully saturated rings. The van der Waals surface area contributed by atoms with Crippen molar-refractivity contribution < 1.29 is 14.7 Å². The van der Waals surface area contributed by atoms with Gasteiger partial charge in [-0.25, -0.2) is 0 Å². The number of carbonyl (C=O) groups excluding carboxylic acids is 1. The van der Waals surface area contributed by atoms with Gasteiger partial charge in [0.25, 0.3) is 0 Å². The van der Waals surface area contributed by atoms with Crippen molar-refractivity contribution in [1.29, 1.82) is 0 Å². The second kappa shape index (κ2) is 14.9. The second-order valence-corrected chi connectivity index (χ2v) is 6.10. The highest BCUT2D eigenvalue weighted by atomic mass is 16.4. The summed E-state index contributed by atoms with van der Waals surface area (Å²) in [5.41, 5.74) is 0. The molecule has 0 unspecified atom stereocenters. The van der Waals surface area contributed by atoms with E-state index in [1.807, 2.05) is 0 Å². The first-order chi connectivity index (χ1) is 10.6. The summed E-state index contributed by atoms with van der Waals surface area (Å²) in [5, 5.41) is 8.82. The fraction of sp³-hybridized carbons (Fsp3) is 0.889. The van der Waals surface area contributed by atoms with Crippen LogP contribution < -0.4 is 0 Å². The fourth-order valence-electron chi connectivity index (χ4n) is 2.54. The van der Waals surface area contributed by atoms with E-state index in [2.05, 4.69) is 13.8 Å². The van der Waals surface area contributed by atoms with Crippen molar-refractivity contribution in [3.05, 3.63) is 0 Å². The third-order valence-electron chi connectivity index (χ3n) is 3.97. The number of carboxylic acids is 1. The first-order valence-corrected chi connectivity index (χ1v) is 9.11. The monoisotopic (exact) mass is 313 g/mol. The SMILES string of the molecule is CCCCCCCCN(CCC(=O)O)C(=O)CCCCCC. The van der Waals surface area contributed by atoms with E-state index in [0.717, 1.165) is 32.1 Å². The van der Waals surface area contributed by atoms with Crippen LogP contribution in [0.15, 0.2) is 0 Å². The molecule has 0 saturated carbocycles. The molecule has 0 radical (unpaired) electrons. The fourth-order valence-corrected chi connectivity index (χ4v) is 2.54. The van der Waals surface area contributed by atoms with Crippen LogP contribution >= 0.6 is 0 Å². The van der Waals surface area contributed by atoms with Crippen molar-refractivity contribution in [3.8, 4) is 0 Å². The first-order valence-electron chi connectivity index (χ1n) is 9.11. The molecule has 130 valence electrons. The van der Waals surface area contributed by atoms with Gasteiger partial charge in [0.15, 0.2) is 0 Å². The molecule has 0 rings (SSSR count). The van der Waals surface area contributed by atoms with E-state index in [1.165, 1.54) is 32.1 Å². The van der Waals surface area contributed by atoms with Gasteiger partial charge in [-0.05, 0) is 12.8 Å². The lowest BCUT2D eigenvalue weighted by molar-refractivity contribution is -0.138. The highest BCUT2D eigenvalue weighted by molar-refractivity contribution is 5.77. The van der Waals surface area contributed by atoms with Crippen LogP contribution in [0, 0.1) is 0 Å².